The van der Waals surface area contributed by atoms with Gasteiger partial charge in [0.15, 0.2) is 0 Å². The predicted octanol–water partition coefficient (Wildman–Crippen LogP) is 5.13. The van der Waals surface area contributed by atoms with Crippen LogP contribution in [0.25, 0.3) is 0 Å². The first-order chi connectivity index (χ1) is 17.4. The Bertz CT molecular complexity index is 871. The van der Waals surface area contributed by atoms with Gasteiger partial charge in [0.1, 0.15) is 18.9 Å². The maximum atomic E-state index is 13.5. The van der Waals surface area contributed by atoms with Gasteiger partial charge in [0, 0.05) is 12.8 Å². The highest BCUT2D eigenvalue weighted by Crippen LogP contribution is 2.28. The van der Waals surface area contributed by atoms with Gasteiger partial charge in [-0.05, 0) is 6.42 Å². The summed E-state index contributed by atoms with van der Waals surface area (Å²) in [7, 11) is 0. The van der Waals surface area contributed by atoms with Crippen molar-refractivity contribution in [2.24, 2.45) is 0 Å². The molecule has 1 saturated heterocycles. The minimum absolute atomic E-state index is 0.0205. The fourth-order valence-corrected chi connectivity index (χ4v) is 4.60. The van der Waals surface area contributed by atoms with E-state index in [9.17, 15) is 23.9 Å². The Morgan fingerprint density at radius 3 is 2.08 bits per heavy atom. The Balaban J connectivity index is 1.46. The molecular formula is C27H45FN2O6. The third-order valence-electron chi connectivity index (χ3n) is 6.83. The quantitative estimate of drug-likeness (QED) is 0.196. The first-order valence-corrected chi connectivity index (χ1v) is 13.9. The molecule has 0 aromatic carbocycles. The number of aromatic amines is 1. The fourth-order valence-electron chi connectivity index (χ4n) is 4.60. The number of hydrogen-bond donors (Lipinski definition) is 2. The number of aliphatic hydroxyl groups is 1. The summed E-state index contributed by atoms with van der Waals surface area (Å²) in [4.78, 5) is 36.9. The average molecular weight is 513 g/mol. The summed E-state index contributed by atoms with van der Waals surface area (Å²) in [6.07, 6.45) is 17.2. The Morgan fingerprint density at radius 1 is 1.00 bits per heavy atom. The number of hydrogen-bond acceptors (Lipinski definition) is 6. The Labute approximate surface area is 213 Å². The van der Waals surface area contributed by atoms with Crippen molar-refractivity contribution in [2.45, 2.75) is 135 Å². The highest BCUT2D eigenvalue weighted by Gasteiger charge is 2.36. The number of unbranched alkanes of at least 4 members (excludes halogenated alkanes) is 14. The molecule has 1 unspecified atom stereocenters. The molecule has 1 aromatic heterocycles. The maximum Gasteiger partial charge on any atom is 0.330 e. The number of carbonyl (C=O) groups is 1. The SMILES string of the molecule is CCCCCCCCCCCCCCCCCC(=O)OC[C@@H]1O[C@H](n2cc(F)c(=O)[nH]c2=O)CC1O. The molecule has 36 heavy (non-hydrogen) atoms. The van der Waals surface area contributed by atoms with Crippen LogP contribution in [-0.4, -0.2) is 39.4 Å². The molecule has 1 aliphatic rings. The standard InChI is InChI=1S/C27H45FN2O6/c1-2-3-4-5-6-7-8-9-10-11-12-13-14-15-16-17-25(32)35-20-23-22(31)18-24(36-23)30-19-21(28)26(33)29-27(30)34/h19,22-24,31H,2-18,20H2,1H3,(H,29,33,34)/t22?,23-,24-/m0/s1. The number of carbonyl (C=O) groups excluding carboxylic acids is 1. The summed E-state index contributed by atoms with van der Waals surface area (Å²) >= 11 is 0. The second-order valence-corrected chi connectivity index (χ2v) is 9.96. The first kappa shape index (κ1) is 30.2. The molecule has 0 amide bonds. The second kappa shape index (κ2) is 17.5. The van der Waals surface area contributed by atoms with Crippen LogP contribution in [0, 0.1) is 5.82 Å². The number of rotatable bonds is 19. The van der Waals surface area contributed by atoms with Crippen molar-refractivity contribution in [3.8, 4) is 0 Å². The molecule has 2 rings (SSSR count). The van der Waals surface area contributed by atoms with Crippen molar-refractivity contribution < 1.29 is 23.8 Å². The van der Waals surface area contributed by atoms with Gasteiger partial charge in [0.2, 0.25) is 5.82 Å². The number of ether oxygens (including phenoxy) is 2. The predicted molar refractivity (Wildman–Crippen MR) is 136 cm³/mol. The number of H-pyrrole nitrogens is 1. The number of nitrogens with zero attached hydrogens (tertiary/aromatic N) is 1. The van der Waals surface area contributed by atoms with E-state index in [-0.39, 0.29) is 19.0 Å². The van der Waals surface area contributed by atoms with Gasteiger partial charge in [-0.3, -0.25) is 19.1 Å². The monoisotopic (exact) mass is 512 g/mol. The lowest BCUT2D eigenvalue weighted by atomic mass is 10.0. The van der Waals surface area contributed by atoms with E-state index in [1.54, 1.807) is 0 Å². The van der Waals surface area contributed by atoms with Crippen molar-refractivity contribution in [1.82, 2.24) is 9.55 Å². The molecule has 0 spiro atoms. The molecule has 0 radical (unpaired) electrons. The molecule has 206 valence electrons. The van der Waals surface area contributed by atoms with Crippen LogP contribution in [0.15, 0.2) is 15.8 Å². The van der Waals surface area contributed by atoms with Crippen LogP contribution in [0.3, 0.4) is 0 Å². The normalized spacial score (nSPS) is 19.6. The van der Waals surface area contributed by atoms with Gasteiger partial charge < -0.3 is 14.6 Å². The maximum absolute atomic E-state index is 13.5. The number of aliphatic hydroxyl groups excluding tert-OH is 1. The zero-order valence-electron chi connectivity index (χ0n) is 21.9. The van der Waals surface area contributed by atoms with E-state index in [0.29, 0.717) is 6.42 Å². The lowest BCUT2D eigenvalue weighted by Gasteiger charge is -2.16. The average Bonchev–Trinajstić information content (AvgIpc) is 3.22. The molecule has 9 heteroatoms. The number of aromatic nitrogens is 2. The number of halogens is 1. The fraction of sp³-hybridized carbons (Fsp3) is 0.815. The van der Waals surface area contributed by atoms with Crippen LogP contribution in [0.2, 0.25) is 0 Å². The van der Waals surface area contributed by atoms with Crippen LogP contribution < -0.4 is 11.2 Å². The molecule has 1 fully saturated rings. The van der Waals surface area contributed by atoms with Gasteiger partial charge in [-0.25, -0.2) is 4.79 Å². The zero-order chi connectivity index (χ0) is 26.2. The molecular weight excluding hydrogens is 467 g/mol. The van der Waals surface area contributed by atoms with Gasteiger partial charge in [-0.1, -0.05) is 96.8 Å². The molecule has 3 atom stereocenters. The van der Waals surface area contributed by atoms with Crippen molar-refractivity contribution in [2.75, 3.05) is 6.61 Å². The molecule has 8 nitrogen and oxygen atoms in total. The van der Waals surface area contributed by atoms with E-state index in [1.807, 2.05) is 4.98 Å². The van der Waals surface area contributed by atoms with Crippen LogP contribution in [0.5, 0.6) is 0 Å². The largest absolute Gasteiger partial charge is 0.463 e. The zero-order valence-corrected chi connectivity index (χ0v) is 21.9. The summed E-state index contributed by atoms with van der Waals surface area (Å²) in [6, 6.07) is 0. The third kappa shape index (κ3) is 11.4. The Kier molecular flexibility index (Phi) is 14.7. The summed E-state index contributed by atoms with van der Waals surface area (Å²) in [5.74, 6) is -1.47. The molecule has 0 saturated carbocycles. The van der Waals surface area contributed by atoms with Gasteiger partial charge >= 0.3 is 11.7 Å². The molecule has 0 aliphatic carbocycles. The summed E-state index contributed by atoms with van der Waals surface area (Å²) in [5.41, 5.74) is -1.94. The summed E-state index contributed by atoms with van der Waals surface area (Å²) in [5, 5.41) is 10.2. The minimum atomic E-state index is -1.12. The number of nitrogens with one attached hydrogen (secondary N) is 1. The van der Waals surface area contributed by atoms with Gasteiger partial charge in [0.05, 0.1) is 12.3 Å². The van der Waals surface area contributed by atoms with E-state index in [4.69, 9.17) is 9.47 Å². The van der Waals surface area contributed by atoms with Crippen molar-refractivity contribution >= 4 is 5.97 Å². The van der Waals surface area contributed by atoms with Crippen LogP contribution in [0.1, 0.15) is 122 Å². The van der Waals surface area contributed by atoms with E-state index in [2.05, 4.69) is 6.92 Å². The van der Waals surface area contributed by atoms with E-state index in [0.717, 1.165) is 30.0 Å². The molecule has 2 N–H and O–H groups in total. The third-order valence-corrected chi connectivity index (χ3v) is 6.83. The summed E-state index contributed by atoms with van der Waals surface area (Å²) < 4.78 is 25.2. The van der Waals surface area contributed by atoms with Crippen LogP contribution >= 0.6 is 0 Å². The number of esters is 1. The molecule has 2 heterocycles. The van der Waals surface area contributed by atoms with E-state index < -0.39 is 35.5 Å². The van der Waals surface area contributed by atoms with Gasteiger partial charge in [-0.15, -0.1) is 0 Å². The Hall–Kier alpha value is -2.00. The van der Waals surface area contributed by atoms with E-state index in [1.165, 1.54) is 77.0 Å². The molecule has 1 aromatic rings. The van der Waals surface area contributed by atoms with Crippen molar-refractivity contribution in [3.63, 3.8) is 0 Å². The first-order valence-electron chi connectivity index (χ1n) is 13.9. The second-order valence-electron chi connectivity index (χ2n) is 9.96. The van der Waals surface area contributed by atoms with Crippen LogP contribution in [-0.2, 0) is 14.3 Å². The topological polar surface area (TPSA) is 111 Å². The highest BCUT2D eigenvalue weighted by molar-refractivity contribution is 5.69. The lowest BCUT2D eigenvalue weighted by molar-refractivity contribution is -0.150. The van der Waals surface area contributed by atoms with Crippen molar-refractivity contribution in [1.29, 1.82) is 0 Å². The van der Waals surface area contributed by atoms with Crippen molar-refractivity contribution in [3.05, 3.63) is 32.9 Å². The van der Waals surface area contributed by atoms with E-state index >= 15 is 0 Å². The molecule has 0 bridgehead atoms. The van der Waals surface area contributed by atoms with Gasteiger partial charge in [0.25, 0.3) is 5.56 Å². The highest BCUT2D eigenvalue weighted by atomic mass is 19.1. The molecule has 1 aliphatic heterocycles. The smallest absolute Gasteiger partial charge is 0.330 e. The lowest BCUT2D eigenvalue weighted by Crippen LogP contribution is -2.34. The van der Waals surface area contributed by atoms with Crippen LogP contribution in [0.4, 0.5) is 4.39 Å². The summed E-state index contributed by atoms with van der Waals surface area (Å²) in [6.45, 7) is 2.11. The van der Waals surface area contributed by atoms with Gasteiger partial charge in [-0.2, -0.15) is 4.39 Å². The minimum Gasteiger partial charge on any atom is -0.463 e. The Morgan fingerprint density at radius 2 is 1.53 bits per heavy atom.